The molecule has 0 radical (unpaired) electrons. The third kappa shape index (κ3) is 3.83. The second-order valence-electron chi connectivity index (χ2n) is 5.57. The molecule has 126 valence electrons. The number of esters is 1. The second-order valence-corrected chi connectivity index (χ2v) is 6.01. The van der Waals surface area contributed by atoms with Crippen molar-refractivity contribution >= 4 is 29.4 Å². The zero-order valence-corrected chi connectivity index (χ0v) is 14.5. The molecule has 1 heterocycles. The fourth-order valence-electron chi connectivity index (χ4n) is 2.63. The van der Waals surface area contributed by atoms with Gasteiger partial charge >= 0.3 is 5.97 Å². The first-order valence-corrected chi connectivity index (χ1v) is 8.18. The average molecular weight is 353 g/mol. The number of carbonyl (C=O) groups is 1. The number of allylic oxidation sites excluding steroid dienone is 1. The van der Waals surface area contributed by atoms with E-state index < -0.39 is 0 Å². The number of cyclic esters (lactones) is 1. The van der Waals surface area contributed by atoms with Crippen LogP contribution in [0, 0.1) is 0 Å². The molecule has 0 atom stereocenters. The van der Waals surface area contributed by atoms with Crippen LogP contribution in [0.4, 0.5) is 0 Å². The number of methoxy groups -OCH3 is 1. The van der Waals surface area contributed by atoms with Crippen LogP contribution in [0.3, 0.4) is 0 Å². The minimum atomic E-state index is -0.369. The SMILES string of the molecule is C=CCc1cc(/C=C2\C=C(c3ccc(Cl)cc3)OC2=O)ccc1OC. The Morgan fingerprint density at radius 3 is 2.64 bits per heavy atom. The summed E-state index contributed by atoms with van der Waals surface area (Å²) in [5.74, 6) is 0.951. The summed E-state index contributed by atoms with van der Waals surface area (Å²) < 4.78 is 10.7. The van der Waals surface area contributed by atoms with Crippen LogP contribution in [0.5, 0.6) is 5.75 Å². The molecule has 25 heavy (non-hydrogen) atoms. The van der Waals surface area contributed by atoms with E-state index in [-0.39, 0.29) is 5.97 Å². The van der Waals surface area contributed by atoms with Crippen LogP contribution in [0.15, 0.2) is 66.8 Å². The molecule has 0 bridgehead atoms. The first kappa shape index (κ1) is 17.1. The van der Waals surface area contributed by atoms with Gasteiger partial charge in [0.05, 0.1) is 12.7 Å². The van der Waals surface area contributed by atoms with Crippen LogP contribution in [0.2, 0.25) is 5.02 Å². The molecule has 0 N–H and O–H groups in total. The van der Waals surface area contributed by atoms with Crippen molar-refractivity contribution in [1.82, 2.24) is 0 Å². The first-order chi connectivity index (χ1) is 12.1. The summed E-state index contributed by atoms with van der Waals surface area (Å²) in [5.41, 5.74) is 3.22. The van der Waals surface area contributed by atoms with Gasteiger partial charge in [0.25, 0.3) is 0 Å². The van der Waals surface area contributed by atoms with Crippen molar-refractivity contribution in [3.05, 3.63) is 88.5 Å². The number of ether oxygens (including phenoxy) is 2. The molecular weight excluding hydrogens is 336 g/mol. The molecule has 0 saturated heterocycles. The predicted molar refractivity (Wildman–Crippen MR) is 100 cm³/mol. The van der Waals surface area contributed by atoms with Crippen LogP contribution in [0.1, 0.15) is 16.7 Å². The molecule has 3 rings (SSSR count). The molecule has 0 fully saturated rings. The molecular formula is C21H17ClO3. The zero-order chi connectivity index (χ0) is 17.8. The van der Waals surface area contributed by atoms with Crippen molar-refractivity contribution in [3.63, 3.8) is 0 Å². The lowest BCUT2D eigenvalue weighted by Gasteiger charge is -2.07. The van der Waals surface area contributed by atoms with E-state index in [1.54, 1.807) is 31.4 Å². The van der Waals surface area contributed by atoms with Gasteiger partial charge in [0.15, 0.2) is 0 Å². The van der Waals surface area contributed by atoms with Gasteiger partial charge in [-0.25, -0.2) is 4.79 Å². The minimum absolute atomic E-state index is 0.369. The Hall–Kier alpha value is -2.78. The maximum atomic E-state index is 12.2. The highest BCUT2D eigenvalue weighted by Crippen LogP contribution is 2.29. The molecule has 2 aromatic carbocycles. The number of hydrogen-bond donors (Lipinski definition) is 0. The largest absolute Gasteiger partial charge is 0.496 e. The number of rotatable bonds is 5. The Bertz CT molecular complexity index is 877. The van der Waals surface area contributed by atoms with E-state index in [9.17, 15) is 4.79 Å². The third-order valence-electron chi connectivity index (χ3n) is 3.84. The Labute approximate surface area is 151 Å². The molecule has 0 unspecified atom stereocenters. The standard InChI is InChI=1S/C21H17ClO3/c1-3-4-16-11-14(5-10-19(16)24-2)12-17-13-20(25-21(17)23)15-6-8-18(22)9-7-15/h3,5-13H,1,4H2,2H3/b17-12+. The lowest BCUT2D eigenvalue weighted by molar-refractivity contribution is -0.130. The lowest BCUT2D eigenvalue weighted by Crippen LogP contribution is -1.97. The Kier molecular flexibility index (Phi) is 5.05. The zero-order valence-electron chi connectivity index (χ0n) is 13.8. The van der Waals surface area contributed by atoms with Crippen LogP contribution in [0.25, 0.3) is 11.8 Å². The van der Waals surface area contributed by atoms with E-state index >= 15 is 0 Å². The maximum Gasteiger partial charge on any atom is 0.343 e. The van der Waals surface area contributed by atoms with E-state index in [1.165, 1.54) is 0 Å². The molecule has 0 spiro atoms. The molecule has 1 aliphatic rings. The Morgan fingerprint density at radius 1 is 1.20 bits per heavy atom. The second kappa shape index (κ2) is 7.41. The Balaban J connectivity index is 1.92. The van der Waals surface area contributed by atoms with Crippen molar-refractivity contribution in [1.29, 1.82) is 0 Å². The topological polar surface area (TPSA) is 35.5 Å². The minimum Gasteiger partial charge on any atom is -0.496 e. The molecule has 0 amide bonds. The summed E-state index contributed by atoms with van der Waals surface area (Å²) in [4.78, 5) is 12.2. The van der Waals surface area contributed by atoms with Gasteiger partial charge in [0.2, 0.25) is 0 Å². The summed E-state index contributed by atoms with van der Waals surface area (Å²) in [6, 6.07) is 12.9. The van der Waals surface area contributed by atoms with Crippen molar-refractivity contribution in [2.45, 2.75) is 6.42 Å². The summed E-state index contributed by atoms with van der Waals surface area (Å²) in [6.45, 7) is 3.76. The lowest BCUT2D eigenvalue weighted by atomic mass is 10.0. The fourth-order valence-corrected chi connectivity index (χ4v) is 2.75. The van der Waals surface area contributed by atoms with E-state index in [4.69, 9.17) is 21.1 Å². The van der Waals surface area contributed by atoms with Crippen molar-refractivity contribution in [2.24, 2.45) is 0 Å². The summed E-state index contributed by atoms with van der Waals surface area (Å²) in [5, 5.41) is 0.636. The molecule has 0 aromatic heterocycles. The molecule has 0 aliphatic carbocycles. The predicted octanol–water partition coefficient (Wildman–Crippen LogP) is 5.06. The van der Waals surface area contributed by atoms with Gasteiger partial charge in [0.1, 0.15) is 11.5 Å². The molecule has 1 aliphatic heterocycles. The average Bonchev–Trinajstić information content (AvgIpc) is 2.97. The molecule has 3 nitrogen and oxygen atoms in total. The van der Waals surface area contributed by atoms with Crippen LogP contribution in [-0.4, -0.2) is 13.1 Å². The van der Waals surface area contributed by atoms with Crippen molar-refractivity contribution < 1.29 is 14.3 Å². The van der Waals surface area contributed by atoms with Crippen molar-refractivity contribution in [2.75, 3.05) is 7.11 Å². The molecule has 2 aromatic rings. The van der Waals surface area contributed by atoms with Gasteiger partial charge in [-0.05, 0) is 66.1 Å². The number of benzene rings is 2. The number of hydrogen-bond acceptors (Lipinski definition) is 3. The van der Waals surface area contributed by atoms with E-state index in [0.29, 0.717) is 22.8 Å². The molecule has 0 saturated carbocycles. The maximum absolute atomic E-state index is 12.2. The normalized spacial score (nSPS) is 15.0. The van der Waals surface area contributed by atoms with E-state index in [1.807, 2.05) is 36.4 Å². The van der Waals surface area contributed by atoms with Crippen molar-refractivity contribution in [3.8, 4) is 5.75 Å². The Morgan fingerprint density at radius 2 is 1.96 bits per heavy atom. The highest BCUT2D eigenvalue weighted by Gasteiger charge is 2.22. The first-order valence-electron chi connectivity index (χ1n) is 7.80. The van der Waals surface area contributed by atoms with Gasteiger partial charge in [-0.3, -0.25) is 0 Å². The van der Waals surface area contributed by atoms with Crippen LogP contribution < -0.4 is 4.74 Å². The summed E-state index contributed by atoms with van der Waals surface area (Å²) >= 11 is 5.89. The fraction of sp³-hybridized carbons (Fsp3) is 0.0952. The van der Waals surface area contributed by atoms with Gasteiger partial charge in [-0.1, -0.05) is 23.7 Å². The van der Waals surface area contributed by atoms with Crippen LogP contribution >= 0.6 is 11.6 Å². The summed E-state index contributed by atoms with van der Waals surface area (Å²) in [6.07, 6.45) is 6.05. The highest BCUT2D eigenvalue weighted by molar-refractivity contribution is 6.30. The quantitative estimate of drug-likeness (QED) is 0.428. The van der Waals surface area contributed by atoms with Gasteiger partial charge in [-0.2, -0.15) is 0 Å². The molecule has 4 heteroatoms. The summed E-state index contributed by atoms with van der Waals surface area (Å²) in [7, 11) is 1.63. The smallest absolute Gasteiger partial charge is 0.343 e. The third-order valence-corrected chi connectivity index (χ3v) is 4.10. The number of halogens is 1. The number of carbonyl (C=O) groups excluding carboxylic acids is 1. The van der Waals surface area contributed by atoms with Crippen LogP contribution in [-0.2, 0) is 16.0 Å². The van der Waals surface area contributed by atoms with Gasteiger partial charge in [-0.15, -0.1) is 6.58 Å². The highest BCUT2D eigenvalue weighted by atomic mass is 35.5. The van der Waals surface area contributed by atoms with E-state index in [2.05, 4.69) is 6.58 Å². The van der Waals surface area contributed by atoms with Gasteiger partial charge in [0, 0.05) is 10.6 Å². The van der Waals surface area contributed by atoms with E-state index in [0.717, 1.165) is 22.4 Å². The van der Waals surface area contributed by atoms with Gasteiger partial charge < -0.3 is 9.47 Å². The monoisotopic (exact) mass is 352 g/mol.